The fraction of sp³-hybridized carbons (Fsp3) is 0.575. The van der Waals surface area contributed by atoms with Crippen molar-refractivity contribution in [1.82, 2.24) is 9.55 Å². The van der Waals surface area contributed by atoms with Gasteiger partial charge in [-0.15, -0.1) is 0 Å². The van der Waals surface area contributed by atoms with Gasteiger partial charge in [0.1, 0.15) is 25.6 Å². The van der Waals surface area contributed by atoms with E-state index in [1.165, 1.54) is 70.6 Å². The molecule has 0 radical (unpaired) electrons. The van der Waals surface area contributed by atoms with Crippen LogP contribution in [-0.4, -0.2) is 52.4 Å². The predicted octanol–water partition coefficient (Wildman–Crippen LogP) is 7.03. The Morgan fingerprint density at radius 3 is 2.18 bits per heavy atom. The number of nitrogens with zero attached hydrogens (tertiary/aromatic N) is 2. The first kappa shape index (κ1) is 38.1. The maximum atomic E-state index is 13.4. The molecular weight excluding hydrogens is 652 g/mol. The highest BCUT2D eigenvalue weighted by Crippen LogP contribution is 2.39. The first-order valence-electron chi connectivity index (χ1n) is 18.8. The molecule has 0 fully saturated rings. The molecule has 0 aliphatic carbocycles. The number of esters is 3. The summed E-state index contributed by atoms with van der Waals surface area (Å²) >= 11 is 0. The molecule has 2 aliphatic rings. The minimum absolute atomic E-state index is 0.0654. The molecule has 4 heterocycles. The average Bonchev–Trinajstić information content (AvgIpc) is 3.48. The molecular formula is C40H52N2O9. The maximum Gasteiger partial charge on any atom is 0.343 e. The monoisotopic (exact) mass is 704 g/mol. The first-order chi connectivity index (χ1) is 24.7. The van der Waals surface area contributed by atoms with Crippen LogP contribution in [0.4, 0.5) is 0 Å². The Bertz CT molecular complexity index is 1750. The first-order valence-corrected chi connectivity index (χ1v) is 18.8. The second-order valence-electron chi connectivity index (χ2n) is 13.7. The van der Waals surface area contributed by atoms with Crippen LogP contribution in [0.1, 0.15) is 127 Å². The number of aromatic nitrogens is 2. The van der Waals surface area contributed by atoms with Crippen LogP contribution in [0.3, 0.4) is 0 Å². The van der Waals surface area contributed by atoms with E-state index in [-0.39, 0.29) is 48.6 Å². The lowest BCUT2D eigenvalue weighted by Crippen LogP contribution is -2.44. The lowest BCUT2D eigenvalue weighted by atomic mass is 9.86. The Morgan fingerprint density at radius 1 is 0.863 bits per heavy atom. The Labute approximate surface area is 299 Å². The number of hydrogen-bond acceptors (Lipinski definition) is 10. The summed E-state index contributed by atoms with van der Waals surface area (Å²) in [5.41, 5.74) is 0.763. The minimum atomic E-state index is -1.89. The highest BCUT2D eigenvalue weighted by atomic mass is 16.6. The van der Waals surface area contributed by atoms with Gasteiger partial charge in [0.25, 0.3) is 5.56 Å². The van der Waals surface area contributed by atoms with E-state index >= 15 is 0 Å². The van der Waals surface area contributed by atoms with E-state index in [4.69, 9.17) is 23.9 Å². The van der Waals surface area contributed by atoms with Gasteiger partial charge in [-0.25, -0.2) is 19.4 Å². The van der Waals surface area contributed by atoms with Crippen molar-refractivity contribution in [2.24, 2.45) is 0 Å². The zero-order valence-corrected chi connectivity index (χ0v) is 30.1. The van der Waals surface area contributed by atoms with Crippen LogP contribution in [0.15, 0.2) is 35.1 Å². The molecule has 276 valence electrons. The third kappa shape index (κ3) is 9.62. The van der Waals surface area contributed by atoms with Gasteiger partial charge in [0.15, 0.2) is 5.60 Å². The van der Waals surface area contributed by atoms with Crippen LogP contribution < -0.4 is 10.3 Å². The minimum Gasteiger partial charge on any atom is -0.464 e. The van der Waals surface area contributed by atoms with E-state index in [9.17, 15) is 24.3 Å². The molecule has 0 spiro atoms. The number of pyridine rings is 2. The fourth-order valence-electron chi connectivity index (χ4n) is 6.93. The summed E-state index contributed by atoms with van der Waals surface area (Å²) < 4.78 is 22.6. The number of hydrogen-bond donors (Lipinski definition) is 1. The molecule has 1 aromatic carbocycles. The molecule has 11 nitrogen and oxygen atoms in total. The van der Waals surface area contributed by atoms with Crippen molar-refractivity contribution >= 4 is 28.8 Å². The number of cyclic esters (lactones) is 1. The smallest absolute Gasteiger partial charge is 0.343 e. The number of fused-ring (bicyclic) bond motifs is 5. The molecule has 2 aliphatic heterocycles. The van der Waals surface area contributed by atoms with Crippen LogP contribution in [0.5, 0.6) is 5.75 Å². The lowest BCUT2D eigenvalue weighted by Gasteiger charge is -2.31. The Morgan fingerprint density at radius 2 is 1.51 bits per heavy atom. The molecule has 51 heavy (non-hydrogen) atoms. The largest absolute Gasteiger partial charge is 0.464 e. The average molecular weight is 705 g/mol. The number of rotatable bonds is 21. The van der Waals surface area contributed by atoms with Gasteiger partial charge in [-0.1, -0.05) is 97.3 Å². The quantitative estimate of drug-likeness (QED) is 0.0546. The van der Waals surface area contributed by atoms with E-state index in [2.05, 4.69) is 6.92 Å². The van der Waals surface area contributed by atoms with E-state index in [0.717, 1.165) is 24.8 Å². The van der Waals surface area contributed by atoms with Crippen LogP contribution >= 0.6 is 0 Å². The van der Waals surface area contributed by atoms with Gasteiger partial charge >= 0.3 is 17.9 Å². The van der Waals surface area contributed by atoms with Crippen LogP contribution in [0.2, 0.25) is 0 Å². The number of benzene rings is 1. The van der Waals surface area contributed by atoms with Crippen molar-refractivity contribution in [3.05, 3.63) is 57.4 Å². The van der Waals surface area contributed by atoms with E-state index in [1.54, 1.807) is 35.8 Å². The fourth-order valence-corrected chi connectivity index (χ4v) is 6.93. The summed E-state index contributed by atoms with van der Waals surface area (Å²) in [6.07, 6.45) is 17.7. The lowest BCUT2D eigenvalue weighted by molar-refractivity contribution is -0.172. The third-order valence-electron chi connectivity index (χ3n) is 9.91. The summed E-state index contributed by atoms with van der Waals surface area (Å²) in [6.45, 7) is 3.58. The molecule has 11 heteroatoms. The number of carbonyl (C=O) groups excluding carboxylic acids is 3. The highest BCUT2D eigenvalue weighted by molar-refractivity contribution is 5.87. The highest BCUT2D eigenvalue weighted by Gasteiger charge is 2.45. The summed E-state index contributed by atoms with van der Waals surface area (Å²) in [6, 6.07) is 8.51. The maximum absolute atomic E-state index is 13.4. The van der Waals surface area contributed by atoms with Gasteiger partial charge in [0.05, 0.1) is 35.6 Å². The van der Waals surface area contributed by atoms with Crippen molar-refractivity contribution < 1.29 is 38.4 Å². The number of aliphatic hydroxyl groups is 1. The van der Waals surface area contributed by atoms with Gasteiger partial charge in [0, 0.05) is 16.5 Å². The van der Waals surface area contributed by atoms with Crippen molar-refractivity contribution in [3.8, 4) is 17.1 Å². The normalized spacial score (nSPS) is 16.0. The Hall–Kier alpha value is -4.09. The zero-order chi connectivity index (χ0) is 36.2. The topological polar surface area (TPSA) is 143 Å². The molecule has 5 rings (SSSR count). The van der Waals surface area contributed by atoms with Crippen molar-refractivity contribution in [1.29, 1.82) is 0 Å². The summed E-state index contributed by atoms with van der Waals surface area (Å²) in [5, 5.41) is 11.8. The van der Waals surface area contributed by atoms with Gasteiger partial charge in [-0.2, -0.15) is 0 Å². The third-order valence-corrected chi connectivity index (χ3v) is 9.91. The molecule has 2 aromatic heterocycles. The second kappa shape index (κ2) is 18.4. The van der Waals surface area contributed by atoms with Crippen molar-refractivity contribution in [2.45, 2.75) is 129 Å². The van der Waals surface area contributed by atoms with E-state index < -0.39 is 30.1 Å². The van der Waals surface area contributed by atoms with E-state index in [0.29, 0.717) is 28.9 Å². The molecule has 0 bridgehead atoms. The number of unbranched alkanes of at least 4 members (excludes halogenated alkanes) is 13. The second-order valence-corrected chi connectivity index (χ2v) is 13.7. The van der Waals surface area contributed by atoms with Crippen molar-refractivity contribution in [2.75, 3.05) is 19.8 Å². The standard InChI is InChI=1S/C40H52N2O9/c1-3-5-6-7-8-9-10-11-12-13-14-15-16-17-20-49-35(43)26-48-27-36(44)51-30-18-19-33-28(22-30)21-29-24-42-34(37(29)41-33)23-32-31(38(42)45)25-50-39(46)40(32,47)4-2/h18-19,21-23,47H,3-17,20,24-27H2,1-2H3/t40-/m1/s1. The molecule has 1 atom stereocenters. The summed E-state index contributed by atoms with van der Waals surface area (Å²) in [5.74, 6) is -1.66. The van der Waals surface area contributed by atoms with Crippen LogP contribution in [0, 0.1) is 0 Å². The summed E-state index contributed by atoms with van der Waals surface area (Å²) in [7, 11) is 0. The Kier molecular flexibility index (Phi) is 13.8. The van der Waals surface area contributed by atoms with Gasteiger partial charge < -0.3 is 28.6 Å². The van der Waals surface area contributed by atoms with Gasteiger partial charge in [-0.3, -0.25) is 4.79 Å². The van der Waals surface area contributed by atoms with E-state index in [1.807, 2.05) is 6.07 Å². The molecule has 0 unspecified atom stereocenters. The van der Waals surface area contributed by atoms with Crippen molar-refractivity contribution in [3.63, 3.8) is 0 Å². The molecule has 0 saturated carbocycles. The van der Waals surface area contributed by atoms with Crippen LogP contribution in [0.25, 0.3) is 22.3 Å². The SMILES string of the molecule is CCCCCCCCCCCCCCCCOC(=O)COCC(=O)Oc1ccc2nc3c(cc2c1)Cn1c-3cc2c(c1=O)COC(=O)[C@@]2(O)CC. The number of carbonyl (C=O) groups is 3. The number of ether oxygens (including phenoxy) is 4. The molecule has 1 N–H and O–H groups in total. The molecule has 0 saturated heterocycles. The molecule has 3 aromatic rings. The predicted molar refractivity (Wildman–Crippen MR) is 192 cm³/mol. The van der Waals surface area contributed by atoms with Crippen LogP contribution in [-0.2, 0) is 47.3 Å². The summed E-state index contributed by atoms with van der Waals surface area (Å²) in [4.78, 5) is 55.0. The molecule has 0 amide bonds. The zero-order valence-electron chi connectivity index (χ0n) is 30.1. The van der Waals surface area contributed by atoms with Gasteiger partial charge in [-0.05, 0) is 43.2 Å². The Balaban J connectivity index is 0.998. The van der Waals surface area contributed by atoms with Gasteiger partial charge in [0.2, 0.25) is 0 Å².